The van der Waals surface area contributed by atoms with Crippen LogP contribution in [0.3, 0.4) is 0 Å². The van der Waals surface area contributed by atoms with Gasteiger partial charge in [0.05, 0.1) is 18.2 Å². The summed E-state index contributed by atoms with van der Waals surface area (Å²) in [5.41, 5.74) is 2.87. The van der Waals surface area contributed by atoms with Crippen LogP contribution < -0.4 is 0 Å². The first-order valence-electron chi connectivity index (χ1n) is 8.69. The van der Waals surface area contributed by atoms with Crippen LogP contribution in [0.15, 0.2) is 0 Å². The molecular weight excluding hydrogens is 304 g/mol. The Kier molecular flexibility index (Phi) is 4.69. The second kappa shape index (κ2) is 6.75. The van der Waals surface area contributed by atoms with Crippen molar-refractivity contribution in [2.75, 3.05) is 6.54 Å². The lowest BCUT2D eigenvalue weighted by atomic mass is 10.00. The molecule has 0 spiro atoms. The molecule has 0 radical (unpaired) electrons. The summed E-state index contributed by atoms with van der Waals surface area (Å²) >= 11 is 0. The van der Waals surface area contributed by atoms with Crippen LogP contribution in [0, 0.1) is 13.8 Å². The number of piperidine rings is 1. The number of aromatic amines is 2. The first-order valence-corrected chi connectivity index (χ1v) is 8.69. The van der Waals surface area contributed by atoms with Gasteiger partial charge in [0.25, 0.3) is 0 Å². The van der Waals surface area contributed by atoms with Crippen molar-refractivity contribution in [1.82, 2.24) is 30.3 Å². The first kappa shape index (κ1) is 16.7. The molecule has 2 N–H and O–H groups in total. The molecule has 3 rings (SSSR count). The lowest BCUT2D eigenvalue weighted by Gasteiger charge is -2.34. The van der Waals surface area contributed by atoms with Gasteiger partial charge in [0.15, 0.2) is 5.82 Å². The number of amides is 1. The zero-order valence-corrected chi connectivity index (χ0v) is 14.9. The Morgan fingerprint density at radius 2 is 2.04 bits per heavy atom. The molecule has 2 aromatic rings. The molecule has 2 aromatic heterocycles. The van der Waals surface area contributed by atoms with E-state index in [1.54, 1.807) is 0 Å². The number of hydrogen-bond donors (Lipinski definition) is 2. The number of carbonyl (C=O) groups excluding carboxylic acids is 1. The predicted molar refractivity (Wildman–Crippen MR) is 90.5 cm³/mol. The fourth-order valence-electron chi connectivity index (χ4n) is 3.30. The third-order valence-electron chi connectivity index (χ3n) is 4.78. The Labute approximate surface area is 142 Å². The molecule has 0 bridgehead atoms. The lowest BCUT2D eigenvalue weighted by Crippen LogP contribution is -2.40. The summed E-state index contributed by atoms with van der Waals surface area (Å²) in [6.07, 6.45) is 3.46. The molecule has 1 fully saturated rings. The Bertz CT molecular complexity index is 697. The predicted octanol–water partition coefficient (Wildman–Crippen LogP) is 2.56. The molecule has 7 heteroatoms. The van der Waals surface area contributed by atoms with Crippen molar-refractivity contribution in [3.63, 3.8) is 0 Å². The third-order valence-corrected chi connectivity index (χ3v) is 4.78. The van der Waals surface area contributed by atoms with Crippen LogP contribution in [0.5, 0.6) is 0 Å². The molecule has 1 aliphatic rings. The van der Waals surface area contributed by atoms with Crippen molar-refractivity contribution in [1.29, 1.82) is 0 Å². The van der Waals surface area contributed by atoms with E-state index in [0.29, 0.717) is 6.42 Å². The summed E-state index contributed by atoms with van der Waals surface area (Å²) in [5.74, 6) is 2.03. The molecule has 24 heavy (non-hydrogen) atoms. The van der Waals surface area contributed by atoms with Gasteiger partial charge in [0.1, 0.15) is 5.82 Å². The normalized spacial score (nSPS) is 18.4. The minimum absolute atomic E-state index is 0.00115. The number of carbonyl (C=O) groups is 1. The van der Waals surface area contributed by atoms with E-state index in [9.17, 15) is 4.79 Å². The van der Waals surface area contributed by atoms with Gasteiger partial charge in [-0.2, -0.15) is 10.2 Å². The van der Waals surface area contributed by atoms with Gasteiger partial charge in [-0.05, 0) is 33.1 Å². The minimum Gasteiger partial charge on any atom is -0.332 e. The second-order valence-corrected chi connectivity index (χ2v) is 6.92. The zero-order chi connectivity index (χ0) is 17.3. The number of likely N-dealkylation sites (tertiary alicyclic amines) is 1. The van der Waals surface area contributed by atoms with Crippen molar-refractivity contribution in [3.05, 3.63) is 28.6 Å². The molecule has 0 aromatic carbocycles. The van der Waals surface area contributed by atoms with E-state index in [1.165, 1.54) is 0 Å². The molecule has 130 valence electrons. The molecule has 0 unspecified atom stereocenters. The number of H-pyrrole nitrogens is 2. The topological polar surface area (TPSA) is 90.6 Å². The maximum Gasteiger partial charge on any atom is 0.227 e. The van der Waals surface area contributed by atoms with Crippen molar-refractivity contribution in [3.8, 4) is 0 Å². The lowest BCUT2D eigenvalue weighted by molar-refractivity contribution is -0.134. The summed E-state index contributed by atoms with van der Waals surface area (Å²) in [7, 11) is 0. The fraction of sp³-hybridized carbons (Fsp3) is 0.647. The van der Waals surface area contributed by atoms with Crippen LogP contribution >= 0.6 is 0 Å². The highest BCUT2D eigenvalue weighted by atomic mass is 16.2. The summed E-state index contributed by atoms with van der Waals surface area (Å²) in [6, 6.07) is -0.00115. The van der Waals surface area contributed by atoms with E-state index < -0.39 is 0 Å². The van der Waals surface area contributed by atoms with Crippen LogP contribution in [0.25, 0.3) is 0 Å². The highest BCUT2D eigenvalue weighted by Gasteiger charge is 2.31. The summed E-state index contributed by atoms with van der Waals surface area (Å²) in [5, 5.41) is 14.5. The number of rotatable bonds is 4. The molecule has 7 nitrogen and oxygen atoms in total. The van der Waals surface area contributed by atoms with Gasteiger partial charge >= 0.3 is 0 Å². The maximum absolute atomic E-state index is 12.9. The van der Waals surface area contributed by atoms with Gasteiger partial charge in [0, 0.05) is 23.7 Å². The smallest absolute Gasteiger partial charge is 0.227 e. The SMILES string of the molecule is Cc1n[nH]c(C)c1CC(=O)N1CCCC[C@@H]1c1nc(C(C)C)n[nH]1. The van der Waals surface area contributed by atoms with Crippen LogP contribution in [0.1, 0.15) is 73.7 Å². The van der Waals surface area contributed by atoms with E-state index in [-0.39, 0.29) is 17.9 Å². The zero-order valence-electron chi connectivity index (χ0n) is 14.9. The molecule has 3 heterocycles. The molecule has 0 saturated carbocycles. The van der Waals surface area contributed by atoms with Crippen molar-refractivity contribution < 1.29 is 4.79 Å². The minimum atomic E-state index is -0.00115. The van der Waals surface area contributed by atoms with E-state index >= 15 is 0 Å². The quantitative estimate of drug-likeness (QED) is 0.901. The van der Waals surface area contributed by atoms with Gasteiger partial charge in [0.2, 0.25) is 5.91 Å². The van der Waals surface area contributed by atoms with E-state index in [1.807, 2.05) is 18.7 Å². The van der Waals surface area contributed by atoms with Crippen molar-refractivity contribution >= 4 is 5.91 Å². The van der Waals surface area contributed by atoms with Crippen LogP contribution in [-0.4, -0.2) is 42.7 Å². The molecule has 1 saturated heterocycles. The molecular formula is C17H26N6O. The summed E-state index contributed by atoms with van der Waals surface area (Å²) < 4.78 is 0. The Balaban J connectivity index is 1.79. The number of aromatic nitrogens is 5. The van der Waals surface area contributed by atoms with Crippen LogP contribution in [0.4, 0.5) is 0 Å². The van der Waals surface area contributed by atoms with Gasteiger partial charge in [-0.1, -0.05) is 13.8 Å². The van der Waals surface area contributed by atoms with Gasteiger partial charge < -0.3 is 4.90 Å². The molecule has 1 aliphatic heterocycles. The number of aryl methyl sites for hydroxylation is 2. The maximum atomic E-state index is 12.9. The van der Waals surface area contributed by atoms with Gasteiger partial charge in [-0.3, -0.25) is 15.0 Å². The van der Waals surface area contributed by atoms with Gasteiger partial charge in [-0.25, -0.2) is 4.98 Å². The highest BCUT2D eigenvalue weighted by Crippen LogP contribution is 2.30. The average Bonchev–Trinajstić information content (AvgIpc) is 3.17. The Morgan fingerprint density at radius 3 is 2.67 bits per heavy atom. The van der Waals surface area contributed by atoms with Crippen LogP contribution in [0.2, 0.25) is 0 Å². The highest BCUT2D eigenvalue weighted by molar-refractivity contribution is 5.79. The standard InChI is InChI=1S/C17H26N6O/c1-10(2)16-18-17(22-21-16)14-7-5-6-8-23(14)15(24)9-13-11(3)19-20-12(13)4/h10,14H,5-9H2,1-4H3,(H,19,20)(H,18,21,22)/t14-/m1/s1. The fourth-order valence-corrected chi connectivity index (χ4v) is 3.30. The molecule has 1 atom stereocenters. The van der Waals surface area contributed by atoms with Crippen LogP contribution in [-0.2, 0) is 11.2 Å². The largest absolute Gasteiger partial charge is 0.332 e. The van der Waals surface area contributed by atoms with Gasteiger partial charge in [-0.15, -0.1) is 0 Å². The third kappa shape index (κ3) is 3.20. The van der Waals surface area contributed by atoms with E-state index in [4.69, 9.17) is 0 Å². The average molecular weight is 330 g/mol. The Morgan fingerprint density at radius 1 is 1.25 bits per heavy atom. The molecule has 1 amide bonds. The summed E-state index contributed by atoms with van der Waals surface area (Å²) in [6.45, 7) is 8.81. The van der Waals surface area contributed by atoms with E-state index in [0.717, 1.165) is 54.4 Å². The second-order valence-electron chi connectivity index (χ2n) is 6.92. The Hall–Kier alpha value is -2.18. The van der Waals surface area contributed by atoms with E-state index in [2.05, 4.69) is 39.2 Å². The van der Waals surface area contributed by atoms with Crippen molar-refractivity contribution in [2.24, 2.45) is 0 Å². The number of nitrogens with one attached hydrogen (secondary N) is 2. The monoisotopic (exact) mass is 330 g/mol. The first-order chi connectivity index (χ1) is 11.5. The summed E-state index contributed by atoms with van der Waals surface area (Å²) in [4.78, 5) is 19.5. The number of hydrogen-bond acceptors (Lipinski definition) is 4. The number of nitrogens with zero attached hydrogens (tertiary/aromatic N) is 4. The molecule has 0 aliphatic carbocycles. The van der Waals surface area contributed by atoms with Crippen molar-refractivity contribution in [2.45, 2.75) is 65.3 Å².